The largest absolute Gasteiger partial charge is 0.462 e. The van der Waals surface area contributed by atoms with Crippen LogP contribution in [0.3, 0.4) is 0 Å². The highest BCUT2D eigenvalue weighted by atomic mass is 16.7. The molecule has 3 nitrogen and oxygen atoms in total. The molecule has 0 aliphatic carbocycles. The zero-order valence-electron chi connectivity index (χ0n) is 11.2. The lowest BCUT2D eigenvalue weighted by molar-refractivity contribution is 0.00578. The molecule has 0 aromatic carbocycles. The summed E-state index contributed by atoms with van der Waals surface area (Å²) < 4.78 is 12.2. The predicted octanol–water partition coefficient (Wildman–Crippen LogP) is 2.17. The highest BCUT2D eigenvalue weighted by Crippen LogP contribution is 2.41. The van der Waals surface area contributed by atoms with Gasteiger partial charge in [-0.05, 0) is 60.7 Å². The van der Waals surface area contributed by atoms with E-state index in [9.17, 15) is 0 Å². The molecule has 0 aromatic heterocycles. The zero-order valence-corrected chi connectivity index (χ0v) is 11.2. The lowest BCUT2D eigenvalue weighted by Gasteiger charge is -2.32. The molecule has 0 saturated carbocycles. The highest BCUT2D eigenvalue weighted by molar-refractivity contribution is 6.47. The summed E-state index contributed by atoms with van der Waals surface area (Å²) in [4.78, 5) is 2.37. The molecule has 0 radical (unpaired) electrons. The first-order valence-corrected chi connectivity index (χ1v) is 6.36. The van der Waals surface area contributed by atoms with Crippen molar-refractivity contribution in [3.05, 3.63) is 0 Å². The first kappa shape index (κ1) is 12.4. The summed E-state index contributed by atoms with van der Waals surface area (Å²) in [7, 11) is 2.16. The number of likely N-dealkylation sites (tertiary alicyclic amines) is 1. The molecule has 4 heteroatoms. The zero-order chi connectivity index (χ0) is 12.0. The van der Waals surface area contributed by atoms with E-state index in [2.05, 4.69) is 39.6 Å². The van der Waals surface area contributed by atoms with Crippen molar-refractivity contribution in [3.63, 3.8) is 0 Å². The SMILES string of the molecule is CN1CCCC(B2OC(C)(C)C(C)(C)O2)C1. The second-order valence-electron chi connectivity index (χ2n) is 6.29. The van der Waals surface area contributed by atoms with E-state index in [1.54, 1.807) is 0 Å². The third kappa shape index (κ3) is 2.15. The standard InChI is InChI=1S/C12H24BNO2/c1-11(2)12(3,4)16-13(15-11)10-7-6-8-14(5)9-10/h10H,6-9H2,1-5H3. The van der Waals surface area contributed by atoms with E-state index < -0.39 is 0 Å². The van der Waals surface area contributed by atoms with Crippen LogP contribution < -0.4 is 0 Å². The molecular weight excluding hydrogens is 201 g/mol. The van der Waals surface area contributed by atoms with Gasteiger partial charge in [0.25, 0.3) is 0 Å². The fourth-order valence-electron chi connectivity index (χ4n) is 2.51. The van der Waals surface area contributed by atoms with Gasteiger partial charge in [0.15, 0.2) is 0 Å². The molecule has 2 rings (SSSR count). The van der Waals surface area contributed by atoms with Gasteiger partial charge >= 0.3 is 7.12 Å². The van der Waals surface area contributed by atoms with Crippen LogP contribution in [0.2, 0.25) is 5.82 Å². The molecule has 2 aliphatic heterocycles. The molecule has 2 heterocycles. The second kappa shape index (κ2) is 4.00. The van der Waals surface area contributed by atoms with E-state index in [0.29, 0.717) is 5.82 Å². The molecule has 0 spiro atoms. The molecule has 0 bridgehead atoms. The molecular formula is C12H24BNO2. The van der Waals surface area contributed by atoms with Crippen molar-refractivity contribution in [1.82, 2.24) is 4.90 Å². The molecule has 0 N–H and O–H groups in total. The van der Waals surface area contributed by atoms with Crippen LogP contribution >= 0.6 is 0 Å². The second-order valence-corrected chi connectivity index (χ2v) is 6.29. The number of hydrogen-bond acceptors (Lipinski definition) is 3. The Morgan fingerprint density at radius 3 is 2.19 bits per heavy atom. The lowest BCUT2D eigenvalue weighted by atomic mass is 9.68. The number of hydrogen-bond donors (Lipinski definition) is 0. The Labute approximate surface area is 99.6 Å². The Balaban J connectivity index is 2.02. The van der Waals surface area contributed by atoms with Crippen molar-refractivity contribution in [2.24, 2.45) is 0 Å². The first-order valence-electron chi connectivity index (χ1n) is 6.36. The highest BCUT2D eigenvalue weighted by Gasteiger charge is 2.53. The smallest absolute Gasteiger partial charge is 0.403 e. The lowest BCUT2D eigenvalue weighted by Crippen LogP contribution is -2.41. The molecule has 1 unspecified atom stereocenters. The van der Waals surface area contributed by atoms with E-state index in [1.165, 1.54) is 19.4 Å². The van der Waals surface area contributed by atoms with Crippen LogP contribution in [0.25, 0.3) is 0 Å². The summed E-state index contributed by atoms with van der Waals surface area (Å²) >= 11 is 0. The van der Waals surface area contributed by atoms with Gasteiger partial charge in [0.1, 0.15) is 0 Å². The Hall–Kier alpha value is -0.0551. The molecule has 0 amide bonds. The van der Waals surface area contributed by atoms with Crippen molar-refractivity contribution in [2.45, 2.75) is 57.6 Å². The van der Waals surface area contributed by atoms with Crippen LogP contribution in [0.15, 0.2) is 0 Å². The van der Waals surface area contributed by atoms with Gasteiger partial charge in [-0.1, -0.05) is 0 Å². The van der Waals surface area contributed by atoms with Crippen LogP contribution in [0.4, 0.5) is 0 Å². The average Bonchev–Trinajstić information content (AvgIpc) is 2.36. The van der Waals surface area contributed by atoms with Crippen molar-refractivity contribution in [3.8, 4) is 0 Å². The third-order valence-electron chi connectivity index (χ3n) is 4.32. The molecule has 2 fully saturated rings. The maximum Gasteiger partial charge on any atom is 0.462 e. The van der Waals surface area contributed by atoms with Crippen LogP contribution in [0.5, 0.6) is 0 Å². The van der Waals surface area contributed by atoms with Crippen molar-refractivity contribution in [2.75, 3.05) is 20.1 Å². The Morgan fingerprint density at radius 2 is 1.69 bits per heavy atom. The van der Waals surface area contributed by atoms with E-state index in [4.69, 9.17) is 9.31 Å². The van der Waals surface area contributed by atoms with Crippen LogP contribution in [-0.2, 0) is 9.31 Å². The summed E-state index contributed by atoms with van der Waals surface area (Å²) in [6, 6.07) is 0. The Kier molecular flexibility index (Phi) is 3.10. The summed E-state index contributed by atoms with van der Waals surface area (Å²) in [6.07, 6.45) is 2.48. The van der Waals surface area contributed by atoms with Gasteiger partial charge in [-0.3, -0.25) is 0 Å². The van der Waals surface area contributed by atoms with Crippen LogP contribution in [-0.4, -0.2) is 43.4 Å². The van der Waals surface area contributed by atoms with Gasteiger partial charge in [-0.15, -0.1) is 0 Å². The monoisotopic (exact) mass is 225 g/mol. The normalized spacial score (nSPS) is 34.3. The quantitative estimate of drug-likeness (QED) is 0.638. The van der Waals surface area contributed by atoms with Gasteiger partial charge in [-0.25, -0.2) is 0 Å². The fourth-order valence-corrected chi connectivity index (χ4v) is 2.51. The molecule has 92 valence electrons. The topological polar surface area (TPSA) is 21.7 Å². The number of rotatable bonds is 1. The molecule has 2 aliphatic rings. The van der Waals surface area contributed by atoms with E-state index in [-0.39, 0.29) is 18.3 Å². The maximum atomic E-state index is 6.10. The van der Waals surface area contributed by atoms with Gasteiger partial charge in [0, 0.05) is 5.82 Å². The maximum absolute atomic E-state index is 6.10. The summed E-state index contributed by atoms with van der Waals surface area (Å²) in [6.45, 7) is 10.8. The van der Waals surface area contributed by atoms with Crippen molar-refractivity contribution < 1.29 is 9.31 Å². The van der Waals surface area contributed by atoms with Gasteiger partial charge in [-0.2, -0.15) is 0 Å². The van der Waals surface area contributed by atoms with Gasteiger partial charge in [0.2, 0.25) is 0 Å². The van der Waals surface area contributed by atoms with Gasteiger partial charge < -0.3 is 14.2 Å². The van der Waals surface area contributed by atoms with Crippen LogP contribution in [0, 0.1) is 0 Å². The van der Waals surface area contributed by atoms with Crippen LogP contribution in [0.1, 0.15) is 40.5 Å². The molecule has 1 atom stereocenters. The number of piperidine rings is 1. The fraction of sp³-hybridized carbons (Fsp3) is 1.00. The minimum absolute atomic E-state index is 0.0206. The predicted molar refractivity (Wildman–Crippen MR) is 66.6 cm³/mol. The molecule has 2 saturated heterocycles. The van der Waals surface area contributed by atoms with E-state index >= 15 is 0 Å². The van der Waals surface area contributed by atoms with Crippen molar-refractivity contribution >= 4 is 7.12 Å². The summed E-state index contributed by atoms with van der Waals surface area (Å²) in [5.41, 5.74) is -0.374. The Bertz CT molecular complexity index is 252. The van der Waals surface area contributed by atoms with E-state index in [1.807, 2.05) is 0 Å². The minimum Gasteiger partial charge on any atom is -0.403 e. The summed E-state index contributed by atoms with van der Waals surface area (Å²) in [5.74, 6) is 0.528. The molecule has 0 aromatic rings. The average molecular weight is 225 g/mol. The molecule has 16 heavy (non-hydrogen) atoms. The first-order chi connectivity index (χ1) is 7.32. The van der Waals surface area contributed by atoms with Crippen molar-refractivity contribution in [1.29, 1.82) is 0 Å². The third-order valence-corrected chi connectivity index (χ3v) is 4.32. The van der Waals surface area contributed by atoms with Gasteiger partial charge in [0.05, 0.1) is 11.2 Å². The Morgan fingerprint density at radius 1 is 1.12 bits per heavy atom. The van der Waals surface area contributed by atoms with E-state index in [0.717, 1.165) is 6.54 Å². The number of nitrogens with zero attached hydrogens (tertiary/aromatic N) is 1. The summed E-state index contributed by atoms with van der Waals surface area (Å²) in [5, 5.41) is 0. The minimum atomic E-state index is -0.187.